The molecule has 1 aromatic heterocycles. The van der Waals surface area contributed by atoms with Gasteiger partial charge in [-0.1, -0.05) is 18.2 Å². The second kappa shape index (κ2) is 8.47. The standard InChI is InChI=1S/C21H21N3O5/c1-13(25)22-14-8-9-19(28-2)17(10-14)23-20(26)12-24-11-16(21(27)29-3)15-6-4-5-7-18(15)24/h4-11H,12H2,1-3H3,(H,22,25)(H,23,26). The largest absolute Gasteiger partial charge is 0.495 e. The maximum Gasteiger partial charge on any atom is 0.340 e. The molecule has 2 N–H and O–H groups in total. The van der Waals surface area contributed by atoms with Crippen LogP contribution in [0.15, 0.2) is 48.7 Å². The van der Waals surface area contributed by atoms with Gasteiger partial charge >= 0.3 is 5.97 Å². The molecule has 3 aromatic rings. The van der Waals surface area contributed by atoms with Gasteiger partial charge < -0.3 is 24.7 Å². The summed E-state index contributed by atoms with van der Waals surface area (Å²) in [5, 5.41) is 6.16. The lowest BCUT2D eigenvalue weighted by Gasteiger charge is -2.13. The summed E-state index contributed by atoms with van der Waals surface area (Å²) in [6, 6.07) is 12.2. The molecule has 8 nitrogen and oxygen atoms in total. The van der Waals surface area contributed by atoms with E-state index < -0.39 is 5.97 Å². The number of carbonyl (C=O) groups is 3. The van der Waals surface area contributed by atoms with E-state index in [0.717, 1.165) is 5.52 Å². The van der Waals surface area contributed by atoms with Gasteiger partial charge in [0.15, 0.2) is 0 Å². The van der Waals surface area contributed by atoms with Gasteiger partial charge in [0.05, 0.1) is 25.5 Å². The molecule has 0 spiro atoms. The van der Waals surface area contributed by atoms with Crippen LogP contribution < -0.4 is 15.4 Å². The van der Waals surface area contributed by atoms with E-state index in [2.05, 4.69) is 10.6 Å². The first-order valence-electron chi connectivity index (χ1n) is 8.84. The van der Waals surface area contributed by atoms with E-state index in [-0.39, 0.29) is 18.4 Å². The average molecular weight is 395 g/mol. The second-order valence-electron chi connectivity index (χ2n) is 6.32. The molecular weight excluding hydrogens is 374 g/mol. The molecule has 29 heavy (non-hydrogen) atoms. The Balaban J connectivity index is 1.86. The SMILES string of the molecule is COC(=O)c1cn(CC(=O)Nc2cc(NC(C)=O)ccc2OC)c2ccccc12. The topological polar surface area (TPSA) is 98.7 Å². The third kappa shape index (κ3) is 4.37. The van der Waals surface area contributed by atoms with Gasteiger partial charge in [-0.25, -0.2) is 4.79 Å². The number of para-hydroxylation sites is 1. The number of hydrogen-bond donors (Lipinski definition) is 2. The van der Waals surface area contributed by atoms with E-state index in [1.54, 1.807) is 35.0 Å². The number of fused-ring (bicyclic) bond motifs is 1. The fourth-order valence-corrected chi connectivity index (χ4v) is 3.08. The first-order chi connectivity index (χ1) is 13.9. The van der Waals surface area contributed by atoms with E-state index in [0.29, 0.717) is 28.1 Å². The minimum atomic E-state index is -0.468. The van der Waals surface area contributed by atoms with Crippen LogP contribution in [0.3, 0.4) is 0 Å². The molecule has 0 aliphatic rings. The Hall–Kier alpha value is -3.81. The molecule has 8 heteroatoms. The van der Waals surface area contributed by atoms with Crippen LogP contribution in [0.4, 0.5) is 11.4 Å². The number of nitrogens with zero attached hydrogens (tertiary/aromatic N) is 1. The van der Waals surface area contributed by atoms with Crippen LogP contribution in [0.25, 0.3) is 10.9 Å². The number of hydrogen-bond acceptors (Lipinski definition) is 5. The third-order valence-electron chi connectivity index (χ3n) is 4.30. The monoisotopic (exact) mass is 395 g/mol. The van der Waals surface area contributed by atoms with Crippen molar-refractivity contribution in [3.8, 4) is 5.75 Å². The molecule has 0 atom stereocenters. The second-order valence-corrected chi connectivity index (χ2v) is 6.32. The van der Waals surface area contributed by atoms with E-state index in [4.69, 9.17) is 9.47 Å². The summed E-state index contributed by atoms with van der Waals surface area (Å²) in [5.74, 6) is -0.549. The first kappa shape index (κ1) is 19.9. The number of rotatable bonds is 6. The highest BCUT2D eigenvalue weighted by molar-refractivity contribution is 6.05. The van der Waals surface area contributed by atoms with Gasteiger partial charge in [0.25, 0.3) is 0 Å². The molecule has 150 valence electrons. The van der Waals surface area contributed by atoms with Crippen LogP contribution in [0, 0.1) is 0 Å². The Morgan fingerprint density at radius 3 is 2.48 bits per heavy atom. The Morgan fingerprint density at radius 1 is 1.03 bits per heavy atom. The van der Waals surface area contributed by atoms with E-state index >= 15 is 0 Å². The molecule has 0 saturated carbocycles. The smallest absolute Gasteiger partial charge is 0.340 e. The summed E-state index contributed by atoms with van der Waals surface area (Å²) in [7, 11) is 2.81. The highest BCUT2D eigenvalue weighted by Gasteiger charge is 2.17. The summed E-state index contributed by atoms with van der Waals surface area (Å²) in [6.45, 7) is 1.38. The maximum atomic E-state index is 12.7. The molecule has 0 radical (unpaired) electrons. The lowest BCUT2D eigenvalue weighted by molar-refractivity contribution is -0.116. The van der Waals surface area contributed by atoms with E-state index in [9.17, 15) is 14.4 Å². The number of methoxy groups -OCH3 is 2. The quantitative estimate of drug-likeness (QED) is 0.625. The number of amides is 2. The normalized spacial score (nSPS) is 10.4. The Morgan fingerprint density at radius 2 is 1.79 bits per heavy atom. The van der Waals surface area contributed by atoms with Crippen molar-refractivity contribution in [2.75, 3.05) is 24.9 Å². The number of anilines is 2. The minimum Gasteiger partial charge on any atom is -0.495 e. The number of esters is 1. The van der Waals surface area contributed by atoms with Gasteiger partial charge in [-0.2, -0.15) is 0 Å². The molecule has 2 aromatic carbocycles. The highest BCUT2D eigenvalue weighted by atomic mass is 16.5. The zero-order valence-corrected chi connectivity index (χ0v) is 16.3. The zero-order valence-electron chi connectivity index (χ0n) is 16.3. The van der Waals surface area contributed by atoms with Crippen LogP contribution in [-0.2, 0) is 20.9 Å². The lowest BCUT2D eigenvalue weighted by Crippen LogP contribution is -2.19. The highest BCUT2D eigenvalue weighted by Crippen LogP contribution is 2.28. The van der Waals surface area contributed by atoms with Gasteiger partial charge in [0.1, 0.15) is 12.3 Å². The van der Waals surface area contributed by atoms with Crippen LogP contribution in [0.1, 0.15) is 17.3 Å². The van der Waals surface area contributed by atoms with Gasteiger partial charge in [-0.15, -0.1) is 0 Å². The Labute approximate surface area is 167 Å². The maximum absolute atomic E-state index is 12.7. The van der Waals surface area contributed by atoms with Gasteiger partial charge in [-0.3, -0.25) is 9.59 Å². The van der Waals surface area contributed by atoms with Crippen molar-refractivity contribution < 1.29 is 23.9 Å². The fourth-order valence-electron chi connectivity index (χ4n) is 3.08. The van der Waals surface area contributed by atoms with Crippen molar-refractivity contribution in [1.29, 1.82) is 0 Å². The van der Waals surface area contributed by atoms with Crippen LogP contribution in [0.5, 0.6) is 5.75 Å². The van der Waals surface area contributed by atoms with Crippen LogP contribution in [-0.4, -0.2) is 36.6 Å². The average Bonchev–Trinajstić information content (AvgIpc) is 3.05. The molecule has 0 bridgehead atoms. The fraction of sp³-hybridized carbons (Fsp3) is 0.190. The molecule has 3 rings (SSSR count). The van der Waals surface area contributed by atoms with E-state index in [1.165, 1.54) is 21.1 Å². The molecule has 2 amide bonds. The number of carbonyl (C=O) groups excluding carboxylic acids is 3. The van der Waals surface area contributed by atoms with Crippen LogP contribution >= 0.6 is 0 Å². The molecule has 0 saturated heterocycles. The van der Waals surface area contributed by atoms with Crippen molar-refractivity contribution in [2.24, 2.45) is 0 Å². The molecule has 0 aliphatic heterocycles. The summed E-state index contributed by atoms with van der Waals surface area (Å²) in [5.41, 5.74) is 2.09. The summed E-state index contributed by atoms with van der Waals surface area (Å²) in [6.07, 6.45) is 1.60. The summed E-state index contributed by atoms with van der Waals surface area (Å²) < 4.78 is 11.8. The molecular formula is C21H21N3O5. The molecule has 1 heterocycles. The Kier molecular flexibility index (Phi) is 5.82. The molecule has 0 aliphatic carbocycles. The van der Waals surface area contributed by atoms with Crippen molar-refractivity contribution >= 4 is 40.1 Å². The number of benzene rings is 2. The predicted molar refractivity (Wildman–Crippen MR) is 109 cm³/mol. The number of aromatic nitrogens is 1. The summed E-state index contributed by atoms with van der Waals surface area (Å²) in [4.78, 5) is 36.0. The van der Waals surface area contributed by atoms with Crippen LogP contribution in [0.2, 0.25) is 0 Å². The third-order valence-corrected chi connectivity index (χ3v) is 4.30. The number of nitrogens with one attached hydrogen (secondary N) is 2. The van der Waals surface area contributed by atoms with Crippen molar-refractivity contribution in [3.63, 3.8) is 0 Å². The van der Waals surface area contributed by atoms with Gasteiger partial charge in [-0.05, 0) is 24.3 Å². The summed E-state index contributed by atoms with van der Waals surface area (Å²) >= 11 is 0. The van der Waals surface area contributed by atoms with Crippen molar-refractivity contribution in [1.82, 2.24) is 4.57 Å². The Bertz CT molecular complexity index is 1090. The van der Waals surface area contributed by atoms with Gasteiger partial charge in [0.2, 0.25) is 11.8 Å². The molecule has 0 unspecified atom stereocenters. The van der Waals surface area contributed by atoms with Crippen molar-refractivity contribution in [2.45, 2.75) is 13.5 Å². The first-order valence-corrected chi connectivity index (χ1v) is 8.84. The minimum absolute atomic E-state index is 0.0228. The van der Waals surface area contributed by atoms with E-state index in [1.807, 2.05) is 18.2 Å². The van der Waals surface area contributed by atoms with Gasteiger partial charge in [0, 0.05) is 29.7 Å². The number of ether oxygens (including phenoxy) is 2. The predicted octanol–water partition coefficient (Wildman–Crippen LogP) is 3.03. The zero-order chi connectivity index (χ0) is 21.0. The molecule has 0 fully saturated rings. The lowest BCUT2D eigenvalue weighted by atomic mass is 10.2. The van der Waals surface area contributed by atoms with Crippen molar-refractivity contribution in [3.05, 3.63) is 54.2 Å².